The van der Waals surface area contributed by atoms with Crippen LogP contribution in [-0.4, -0.2) is 43.5 Å². The van der Waals surface area contributed by atoms with Gasteiger partial charge in [-0.3, -0.25) is 4.79 Å². The quantitative estimate of drug-likeness (QED) is 0.759. The van der Waals surface area contributed by atoms with Crippen LogP contribution < -0.4 is 0 Å². The summed E-state index contributed by atoms with van der Waals surface area (Å²) in [6.07, 6.45) is 0. The number of alkyl halides is 1. The fourth-order valence-electron chi connectivity index (χ4n) is 1.55. The first kappa shape index (κ1) is 16.3. The lowest BCUT2D eigenvalue weighted by Crippen LogP contribution is -2.35. The van der Waals surface area contributed by atoms with E-state index >= 15 is 0 Å². The zero-order chi connectivity index (χ0) is 14.6. The normalized spacial score (nSPS) is 12.3. The Balaban J connectivity index is 2.88. The topological polar surface area (TPSA) is 29.5 Å². The largest absolute Gasteiger partial charge is 0.383 e. The highest BCUT2D eigenvalue weighted by atomic mass is 79.9. The van der Waals surface area contributed by atoms with Gasteiger partial charge in [0.25, 0.3) is 5.91 Å². The minimum atomic E-state index is -0.915. The Morgan fingerprint density at radius 1 is 1.47 bits per heavy atom. The summed E-state index contributed by atoms with van der Waals surface area (Å²) in [5.41, 5.74) is -0.591. The van der Waals surface area contributed by atoms with Crippen molar-refractivity contribution in [2.75, 3.05) is 27.3 Å². The predicted octanol–water partition coefficient (Wildman–Crippen LogP) is 3.05. The second kappa shape index (κ2) is 7.17. The minimum absolute atomic E-state index is 0.128. The molecule has 0 N–H and O–H groups in total. The Morgan fingerprint density at radius 2 is 2.00 bits per heavy atom. The molecular formula is C12H13BrClF2NO2. The molecule has 106 valence electrons. The monoisotopic (exact) mass is 355 g/mol. The van der Waals surface area contributed by atoms with Gasteiger partial charge in [0, 0.05) is 25.2 Å². The van der Waals surface area contributed by atoms with Crippen LogP contribution in [0.2, 0.25) is 0 Å². The first-order valence-corrected chi connectivity index (χ1v) is 6.62. The van der Waals surface area contributed by atoms with E-state index in [0.29, 0.717) is 0 Å². The summed E-state index contributed by atoms with van der Waals surface area (Å²) >= 11 is 8.85. The number of hydrogen-bond acceptors (Lipinski definition) is 2. The van der Waals surface area contributed by atoms with Crippen molar-refractivity contribution in [3.05, 3.63) is 33.8 Å². The molecule has 0 aliphatic heterocycles. The second-order valence-electron chi connectivity index (χ2n) is 3.98. The van der Waals surface area contributed by atoms with Crippen LogP contribution in [0.15, 0.2) is 16.6 Å². The molecule has 0 aromatic heterocycles. The van der Waals surface area contributed by atoms with Crippen molar-refractivity contribution in [1.29, 1.82) is 0 Å². The smallest absolute Gasteiger partial charge is 0.259 e. The van der Waals surface area contributed by atoms with Crippen molar-refractivity contribution >= 4 is 33.4 Å². The molecule has 1 aromatic carbocycles. The average molecular weight is 357 g/mol. The highest BCUT2D eigenvalue weighted by Crippen LogP contribution is 2.20. The van der Waals surface area contributed by atoms with Crippen LogP contribution in [-0.2, 0) is 4.74 Å². The number of rotatable bonds is 5. The zero-order valence-corrected chi connectivity index (χ0v) is 12.8. The molecular weight excluding hydrogens is 343 g/mol. The van der Waals surface area contributed by atoms with Crippen LogP contribution >= 0.6 is 27.5 Å². The molecule has 0 heterocycles. The van der Waals surface area contributed by atoms with Crippen LogP contribution in [0, 0.1) is 11.6 Å². The molecule has 1 aromatic rings. The van der Waals surface area contributed by atoms with Gasteiger partial charge in [-0.2, -0.15) is 0 Å². The molecule has 0 spiro atoms. The average Bonchev–Trinajstić information content (AvgIpc) is 2.27. The van der Waals surface area contributed by atoms with Crippen molar-refractivity contribution in [2.45, 2.75) is 5.38 Å². The highest BCUT2D eigenvalue weighted by Gasteiger charge is 2.23. The summed E-state index contributed by atoms with van der Waals surface area (Å²) in [7, 11) is 2.90. The van der Waals surface area contributed by atoms with Gasteiger partial charge in [-0.15, -0.1) is 11.6 Å². The van der Waals surface area contributed by atoms with Gasteiger partial charge in [-0.1, -0.05) is 15.9 Å². The van der Waals surface area contributed by atoms with E-state index in [1.54, 1.807) is 0 Å². The number of benzene rings is 1. The summed E-state index contributed by atoms with van der Waals surface area (Å²) in [4.78, 5) is 13.1. The molecule has 1 atom stereocenters. The number of methoxy groups -OCH3 is 1. The van der Waals surface area contributed by atoms with Gasteiger partial charge in [0.2, 0.25) is 0 Å². The molecule has 0 radical (unpaired) electrons. The molecule has 1 amide bonds. The number of hydrogen-bond donors (Lipinski definition) is 0. The highest BCUT2D eigenvalue weighted by molar-refractivity contribution is 9.10. The number of nitrogens with zero attached hydrogens (tertiary/aromatic N) is 1. The molecule has 0 saturated heterocycles. The standard InChI is InChI=1S/C12H13BrClF2NO2/c1-17(5-8(14)6-19-2)12(18)11-9(15)3-7(13)4-10(11)16/h3-4,8H,5-6H2,1-2H3. The summed E-state index contributed by atoms with van der Waals surface area (Å²) in [5, 5.41) is -0.444. The summed E-state index contributed by atoms with van der Waals surface area (Å²) in [5.74, 6) is -2.59. The molecule has 0 aliphatic rings. The minimum Gasteiger partial charge on any atom is -0.383 e. The van der Waals surface area contributed by atoms with Crippen molar-refractivity contribution < 1.29 is 18.3 Å². The molecule has 0 saturated carbocycles. The van der Waals surface area contributed by atoms with E-state index in [4.69, 9.17) is 16.3 Å². The van der Waals surface area contributed by atoms with E-state index in [9.17, 15) is 13.6 Å². The summed E-state index contributed by atoms with van der Waals surface area (Å²) in [6.45, 7) is 0.369. The van der Waals surface area contributed by atoms with Gasteiger partial charge < -0.3 is 9.64 Å². The maximum atomic E-state index is 13.6. The number of carbonyl (C=O) groups is 1. The van der Waals surface area contributed by atoms with Crippen LogP contribution in [0.4, 0.5) is 8.78 Å². The Hall–Kier alpha value is -0.720. The van der Waals surface area contributed by atoms with Crippen LogP contribution in [0.25, 0.3) is 0 Å². The third kappa shape index (κ3) is 4.40. The Kier molecular flexibility index (Phi) is 6.16. The molecule has 0 fully saturated rings. The van der Waals surface area contributed by atoms with E-state index in [2.05, 4.69) is 15.9 Å². The van der Waals surface area contributed by atoms with E-state index < -0.39 is 28.5 Å². The number of ether oxygens (including phenoxy) is 1. The third-order valence-electron chi connectivity index (χ3n) is 2.39. The van der Waals surface area contributed by atoms with Crippen molar-refractivity contribution in [3.8, 4) is 0 Å². The number of halogens is 4. The van der Waals surface area contributed by atoms with Gasteiger partial charge in [-0.05, 0) is 12.1 Å². The molecule has 1 unspecified atom stereocenters. The third-order valence-corrected chi connectivity index (χ3v) is 3.11. The summed E-state index contributed by atoms with van der Waals surface area (Å²) in [6, 6.07) is 2.08. The van der Waals surface area contributed by atoms with Crippen molar-refractivity contribution in [1.82, 2.24) is 4.90 Å². The molecule has 19 heavy (non-hydrogen) atoms. The summed E-state index contributed by atoms with van der Waals surface area (Å²) < 4.78 is 32.3. The van der Waals surface area contributed by atoms with Gasteiger partial charge >= 0.3 is 0 Å². The van der Waals surface area contributed by atoms with Crippen molar-refractivity contribution in [2.24, 2.45) is 0 Å². The lowest BCUT2D eigenvalue weighted by Gasteiger charge is -2.20. The van der Waals surface area contributed by atoms with Gasteiger partial charge in [-0.25, -0.2) is 8.78 Å². The predicted molar refractivity (Wildman–Crippen MR) is 72.5 cm³/mol. The van der Waals surface area contributed by atoms with Crippen LogP contribution in [0.1, 0.15) is 10.4 Å². The Bertz CT molecular complexity index is 450. The molecule has 7 heteroatoms. The number of amides is 1. The second-order valence-corrected chi connectivity index (χ2v) is 5.52. The van der Waals surface area contributed by atoms with E-state index in [1.165, 1.54) is 14.2 Å². The molecule has 0 aliphatic carbocycles. The zero-order valence-electron chi connectivity index (χ0n) is 10.4. The molecule has 1 rings (SSSR count). The van der Waals surface area contributed by atoms with Gasteiger partial charge in [0.15, 0.2) is 0 Å². The first-order chi connectivity index (χ1) is 8.86. The lowest BCUT2D eigenvalue weighted by molar-refractivity contribution is 0.0772. The first-order valence-electron chi connectivity index (χ1n) is 5.39. The van der Waals surface area contributed by atoms with Gasteiger partial charge in [0.05, 0.1) is 12.0 Å². The Labute approximate surface area is 123 Å². The van der Waals surface area contributed by atoms with Crippen LogP contribution in [0.3, 0.4) is 0 Å². The maximum Gasteiger partial charge on any atom is 0.259 e. The SMILES string of the molecule is COCC(Cl)CN(C)C(=O)c1c(F)cc(Br)cc1F. The van der Waals surface area contributed by atoms with E-state index in [-0.39, 0.29) is 17.6 Å². The van der Waals surface area contributed by atoms with E-state index in [0.717, 1.165) is 17.0 Å². The molecule has 3 nitrogen and oxygen atoms in total. The number of carbonyl (C=O) groups excluding carboxylic acids is 1. The molecule has 0 bridgehead atoms. The Morgan fingerprint density at radius 3 is 2.47 bits per heavy atom. The maximum absolute atomic E-state index is 13.6. The fourth-order valence-corrected chi connectivity index (χ4v) is 2.29. The van der Waals surface area contributed by atoms with E-state index in [1.807, 2.05) is 0 Å². The van der Waals surface area contributed by atoms with Gasteiger partial charge in [0.1, 0.15) is 17.2 Å². The van der Waals surface area contributed by atoms with Crippen molar-refractivity contribution in [3.63, 3.8) is 0 Å². The van der Waals surface area contributed by atoms with Crippen LogP contribution in [0.5, 0.6) is 0 Å². The fraction of sp³-hybridized carbons (Fsp3) is 0.417. The lowest BCUT2D eigenvalue weighted by atomic mass is 10.1.